The molecule has 1 aliphatic carbocycles. The van der Waals surface area contributed by atoms with Crippen LogP contribution in [-0.2, 0) is 6.42 Å². The summed E-state index contributed by atoms with van der Waals surface area (Å²) in [7, 11) is 0. The second-order valence-electron chi connectivity index (χ2n) is 6.17. The first-order chi connectivity index (χ1) is 9.86. The quantitative estimate of drug-likeness (QED) is 0.837. The summed E-state index contributed by atoms with van der Waals surface area (Å²) in [6, 6.07) is 8.37. The Hall–Kier alpha value is -0.730. The molecule has 1 aromatic rings. The standard InChI is InChI=1S/C17H24ClNO/c18-10-14-6-1-2-7-15(14)11-19-12-16-9-13-5-3-4-8-17(13)20-16/h3-5,8,14-16,19H,1-2,6-7,9-12H2. The van der Waals surface area contributed by atoms with Gasteiger partial charge in [-0.15, -0.1) is 11.6 Å². The van der Waals surface area contributed by atoms with Gasteiger partial charge in [0.1, 0.15) is 11.9 Å². The third-order valence-electron chi connectivity index (χ3n) is 4.76. The number of para-hydroxylation sites is 1. The zero-order valence-corrected chi connectivity index (χ0v) is 12.7. The molecule has 2 nitrogen and oxygen atoms in total. The van der Waals surface area contributed by atoms with E-state index in [0.717, 1.165) is 37.1 Å². The summed E-state index contributed by atoms with van der Waals surface area (Å²) in [6.07, 6.45) is 6.69. The fourth-order valence-electron chi connectivity index (χ4n) is 3.55. The van der Waals surface area contributed by atoms with Crippen LogP contribution in [0.25, 0.3) is 0 Å². The molecule has 0 aromatic heterocycles. The average Bonchev–Trinajstić information content (AvgIpc) is 2.90. The fourth-order valence-corrected chi connectivity index (χ4v) is 3.96. The summed E-state index contributed by atoms with van der Waals surface area (Å²) in [6.45, 7) is 2.04. The van der Waals surface area contributed by atoms with Gasteiger partial charge < -0.3 is 10.1 Å². The van der Waals surface area contributed by atoms with Crippen molar-refractivity contribution in [2.45, 2.75) is 38.2 Å². The Morgan fingerprint density at radius 3 is 2.70 bits per heavy atom. The van der Waals surface area contributed by atoms with Crippen LogP contribution in [0.5, 0.6) is 5.75 Å². The van der Waals surface area contributed by atoms with Gasteiger partial charge in [-0.3, -0.25) is 0 Å². The van der Waals surface area contributed by atoms with Crippen LogP contribution in [0, 0.1) is 11.8 Å². The number of hydrogen-bond acceptors (Lipinski definition) is 2. The average molecular weight is 294 g/mol. The van der Waals surface area contributed by atoms with E-state index in [4.69, 9.17) is 16.3 Å². The topological polar surface area (TPSA) is 21.3 Å². The summed E-state index contributed by atoms with van der Waals surface area (Å²) in [5.41, 5.74) is 1.34. The van der Waals surface area contributed by atoms with Gasteiger partial charge >= 0.3 is 0 Å². The molecule has 0 radical (unpaired) electrons. The Balaban J connectivity index is 1.43. The van der Waals surface area contributed by atoms with E-state index in [1.165, 1.54) is 31.2 Å². The lowest BCUT2D eigenvalue weighted by atomic mass is 9.80. The van der Waals surface area contributed by atoms with Crippen molar-refractivity contribution in [1.29, 1.82) is 0 Å². The van der Waals surface area contributed by atoms with Gasteiger partial charge in [-0.1, -0.05) is 31.0 Å². The summed E-state index contributed by atoms with van der Waals surface area (Å²) in [5, 5.41) is 3.61. The maximum absolute atomic E-state index is 6.09. The SMILES string of the molecule is ClCC1CCCCC1CNCC1Cc2ccccc2O1. The number of ether oxygens (including phenoxy) is 1. The molecule has 1 aromatic carbocycles. The second-order valence-corrected chi connectivity index (χ2v) is 6.48. The maximum atomic E-state index is 6.09. The first-order valence-electron chi connectivity index (χ1n) is 7.88. The molecular formula is C17H24ClNO. The van der Waals surface area contributed by atoms with Crippen LogP contribution < -0.4 is 10.1 Å². The van der Waals surface area contributed by atoms with Crippen LogP contribution >= 0.6 is 11.6 Å². The molecular weight excluding hydrogens is 270 g/mol. The molecule has 3 heteroatoms. The number of hydrogen-bond donors (Lipinski definition) is 1. The smallest absolute Gasteiger partial charge is 0.123 e. The first kappa shape index (κ1) is 14.2. The molecule has 1 heterocycles. The maximum Gasteiger partial charge on any atom is 0.123 e. The molecule has 0 spiro atoms. The van der Waals surface area contributed by atoms with Crippen molar-refractivity contribution < 1.29 is 4.74 Å². The fraction of sp³-hybridized carbons (Fsp3) is 0.647. The van der Waals surface area contributed by atoms with Gasteiger partial charge in [-0.2, -0.15) is 0 Å². The summed E-state index contributed by atoms with van der Waals surface area (Å²) in [5.74, 6) is 3.35. The van der Waals surface area contributed by atoms with E-state index in [0.29, 0.717) is 12.0 Å². The van der Waals surface area contributed by atoms with E-state index in [1.807, 2.05) is 6.07 Å². The molecule has 1 fully saturated rings. The molecule has 0 amide bonds. The minimum atomic E-state index is 0.297. The lowest BCUT2D eigenvalue weighted by molar-refractivity contribution is 0.208. The Morgan fingerprint density at radius 2 is 1.90 bits per heavy atom. The van der Waals surface area contributed by atoms with E-state index >= 15 is 0 Å². The van der Waals surface area contributed by atoms with Crippen LogP contribution in [0.3, 0.4) is 0 Å². The predicted octanol–water partition coefficient (Wildman–Crippen LogP) is 3.62. The van der Waals surface area contributed by atoms with Crippen LogP contribution in [0.4, 0.5) is 0 Å². The highest BCUT2D eigenvalue weighted by molar-refractivity contribution is 6.18. The summed E-state index contributed by atoms with van der Waals surface area (Å²) >= 11 is 6.09. The van der Waals surface area contributed by atoms with Gasteiger partial charge in [-0.05, 0) is 42.9 Å². The summed E-state index contributed by atoms with van der Waals surface area (Å²) in [4.78, 5) is 0. The lowest BCUT2D eigenvalue weighted by Gasteiger charge is -2.30. The molecule has 20 heavy (non-hydrogen) atoms. The zero-order chi connectivity index (χ0) is 13.8. The minimum absolute atomic E-state index is 0.297. The van der Waals surface area contributed by atoms with Crippen molar-refractivity contribution in [3.63, 3.8) is 0 Å². The summed E-state index contributed by atoms with van der Waals surface area (Å²) < 4.78 is 5.96. The number of alkyl halides is 1. The normalized spacial score (nSPS) is 28.9. The van der Waals surface area contributed by atoms with Crippen LogP contribution in [0.2, 0.25) is 0 Å². The molecule has 110 valence electrons. The number of nitrogens with one attached hydrogen (secondary N) is 1. The largest absolute Gasteiger partial charge is 0.488 e. The second kappa shape index (κ2) is 6.82. The van der Waals surface area contributed by atoms with Crippen LogP contribution in [0.1, 0.15) is 31.2 Å². The monoisotopic (exact) mass is 293 g/mol. The first-order valence-corrected chi connectivity index (χ1v) is 8.41. The van der Waals surface area contributed by atoms with Gasteiger partial charge in [0.15, 0.2) is 0 Å². The van der Waals surface area contributed by atoms with Crippen LogP contribution in [0.15, 0.2) is 24.3 Å². The Kier molecular flexibility index (Phi) is 4.85. The van der Waals surface area contributed by atoms with E-state index < -0.39 is 0 Å². The Labute approximate surface area is 126 Å². The molecule has 0 saturated heterocycles. The van der Waals surface area contributed by atoms with Crippen molar-refractivity contribution in [1.82, 2.24) is 5.32 Å². The van der Waals surface area contributed by atoms with Crippen molar-refractivity contribution in [2.75, 3.05) is 19.0 Å². The number of fused-ring (bicyclic) bond motifs is 1. The molecule has 1 saturated carbocycles. The molecule has 2 aliphatic rings. The molecule has 0 bridgehead atoms. The van der Waals surface area contributed by atoms with Gasteiger partial charge in [0.2, 0.25) is 0 Å². The predicted molar refractivity (Wildman–Crippen MR) is 83.6 cm³/mol. The van der Waals surface area contributed by atoms with Crippen LogP contribution in [-0.4, -0.2) is 25.1 Å². The number of rotatable bonds is 5. The van der Waals surface area contributed by atoms with E-state index in [1.54, 1.807) is 0 Å². The van der Waals surface area contributed by atoms with Crippen molar-refractivity contribution in [3.05, 3.63) is 29.8 Å². The van der Waals surface area contributed by atoms with Gasteiger partial charge in [-0.25, -0.2) is 0 Å². The molecule has 1 N–H and O–H groups in total. The van der Waals surface area contributed by atoms with Gasteiger partial charge in [0, 0.05) is 18.8 Å². The van der Waals surface area contributed by atoms with Crippen molar-refractivity contribution >= 4 is 11.6 Å². The third kappa shape index (κ3) is 3.29. The highest BCUT2D eigenvalue weighted by Gasteiger charge is 2.25. The molecule has 3 atom stereocenters. The van der Waals surface area contributed by atoms with Crippen molar-refractivity contribution in [3.8, 4) is 5.75 Å². The van der Waals surface area contributed by atoms with Gasteiger partial charge in [0.25, 0.3) is 0 Å². The lowest BCUT2D eigenvalue weighted by Crippen LogP contribution is -2.36. The zero-order valence-electron chi connectivity index (χ0n) is 12.0. The molecule has 3 unspecified atom stereocenters. The van der Waals surface area contributed by atoms with E-state index in [2.05, 4.69) is 23.5 Å². The molecule has 1 aliphatic heterocycles. The van der Waals surface area contributed by atoms with E-state index in [-0.39, 0.29) is 0 Å². The Morgan fingerprint density at radius 1 is 1.10 bits per heavy atom. The minimum Gasteiger partial charge on any atom is -0.488 e. The van der Waals surface area contributed by atoms with E-state index in [9.17, 15) is 0 Å². The third-order valence-corrected chi connectivity index (χ3v) is 5.15. The number of benzene rings is 1. The van der Waals surface area contributed by atoms with Gasteiger partial charge in [0.05, 0.1) is 0 Å². The highest BCUT2D eigenvalue weighted by Crippen LogP contribution is 2.31. The Bertz CT molecular complexity index is 412. The number of halogens is 1. The van der Waals surface area contributed by atoms with Crippen molar-refractivity contribution in [2.24, 2.45) is 11.8 Å². The molecule has 3 rings (SSSR count). The highest BCUT2D eigenvalue weighted by atomic mass is 35.5.